The average molecular weight is 334 g/mol. The first-order chi connectivity index (χ1) is 11.7. The zero-order valence-corrected chi connectivity index (χ0v) is 14.0. The third kappa shape index (κ3) is 3.56. The lowest BCUT2D eigenvalue weighted by Crippen LogP contribution is -2.14. The molecular formula is C20H16ClN3. The maximum atomic E-state index is 9.01. The average Bonchev–Trinajstić information content (AvgIpc) is 2.60. The number of rotatable bonds is 4. The maximum Gasteiger partial charge on any atom is 0.101 e. The molecule has 0 fully saturated rings. The fraction of sp³-hybridized carbons (Fsp3) is 0.100. The van der Waals surface area contributed by atoms with Crippen LogP contribution in [0.2, 0.25) is 5.02 Å². The highest BCUT2D eigenvalue weighted by Gasteiger charge is 2.16. The number of hydrogen-bond acceptors (Lipinski definition) is 3. The molecule has 2 aromatic carbocycles. The van der Waals surface area contributed by atoms with E-state index in [1.807, 2.05) is 30.3 Å². The van der Waals surface area contributed by atoms with Crippen molar-refractivity contribution in [2.24, 2.45) is 0 Å². The maximum absolute atomic E-state index is 9.01. The van der Waals surface area contributed by atoms with Crippen LogP contribution in [0.5, 0.6) is 0 Å². The van der Waals surface area contributed by atoms with Gasteiger partial charge in [0.1, 0.15) is 6.07 Å². The minimum Gasteiger partial charge on any atom is -0.373 e. The van der Waals surface area contributed by atoms with Crippen molar-refractivity contribution in [2.75, 3.05) is 5.32 Å². The van der Waals surface area contributed by atoms with Crippen molar-refractivity contribution in [1.29, 1.82) is 5.26 Å². The van der Waals surface area contributed by atoms with Crippen LogP contribution in [-0.4, -0.2) is 4.98 Å². The van der Waals surface area contributed by atoms with Crippen LogP contribution in [0, 0.1) is 18.3 Å². The second-order valence-electron chi connectivity index (χ2n) is 5.55. The van der Waals surface area contributed by atoms with E-state index >= 15 is 0 Å². The van der Waals surface area contributed by atoms with Gasteiger partial charge in [-0.05, 0) is 42.8 Å². The molecule has 1 N–H and O–H groups in total. The number of benzene rings is 2. The van der Waals surface area contributed by atoms with E-state index in [-0.39, 0.29) is 6.04 Å². The van der Waals surface area contributed by atoms with Crippen LogP contribution < -0.4 is 5.32 Å². The third-order valence-electron chi connectivity index (χ3n) is 3.76. The summed E-state index contributed by atoms with van der Waals surface area (Å²) in [6.07, 6.45) is 1.78. The molecule has 0 spiro atoms. The number of nitrogens with one attached hydrogen (secondary N) is 1. The molecule has 3 aromatic rings. The van der Waals surface area contributed by atoms with E-state index in [0.717, 1.165) is 16.9 Å². The lowest BCUT2D eigenvalue weighted by Gasteiger charge is -2.21. The summed E-state index contributed by atoms with van der Waals surface area (Å²) in [4.78, 5) is 4.49. The standard InChI is InChI=1S/C20H16ClN3/c1-14-5-4-6-15(11-14)20(19-7-2-3-10-23-19)24-17-9-8-16(13-22)18(21)12-17/h2-12,20,24H,1H3. The molecule has 1 aromatic heterocycles. The van der Waals surface area contributed by atoms with Gasteiger partial charge in [0.2, 0.25) is 0 Å². The zero-order valence-electron chi connectivity index (χ0n) is 13.2. The van der Waals surface area contributed by atoms with Gasteiger partial charge >= 0.3 is 0 Å². The SMILES string of the molecule is Cc1cccc(C(Nc2ccc(C#N)c(Cl)c2)c2ccccn2)c1. The Morgan fingerprint density at radius 3 is 2.62 bits per heavy atom. The number of hydrogen-bond donors (Lipinski definition) is 1. The van der Waals surface area contributed by atoms with Crippen LogP contribution in [-0.2, 0) is 0 Å². The Kier molecular flexibility index (Phi) is 4.79. The normalized spacial score (nSPS) is 11.5. The van der Waals surface area contributed by atoms with Crippen molar-refractivity contribution >= 4 is 17.3 Å². The number of halogens is 1. The Balaban J connectivity index is 2.00. The molecule has 24 heavy (non-hydrogen) atoms. The van der Waals surface area contributed by atoms with Crippen LogP contribution in [0.1, 0.15) is 28.4 Å². The summed E-state index contributed by atoms with van der Waals surface area (Å²) >= 11 is 6.15. The smallest absolute Gasteiger partial charge is 0.101 e. The first kappa shape index (κ1) is 16.0. The number of anilines is 1. The van der Waals surface area contributed by atoms with Gasteiger partial charge in [-0.15, -0.1) is 0 Å². The van der Waals surface area contributed by atoms with Crippen molar-refractivity contribution in [3.63, 3.8) is 0 Å². The van der Waals surface area contributed by atoms with Gasteiger partial charge in [0, 0.05) is 11.9 Å². The van der Waals surface area contributed by atoms with Gasteiger partial charge in [-0.2, -0.15) is 5.26 Å². The summed E-state index contributed by atoms with van der Waals surface area (Å²) in [7, 11) is 0. The molecule has 0 aliphatic carbocycles. The predicted octanol–water partition coefficient (Wildman–Crippen LogP) is 5.12. The quantitative estimate of drug-likeness (QED) is 0.721. The summed E-state index contributed by atoms with van der Waals surface area (Å²) in [5.41, 5.74) is 4.54. The summed E-state index contributed by atoms with van der Waals surface area (Å²) in [6, 6.07) is 21.5. The third-order valence-corrected chi connectivity index (χ3v) is 4.07. The van der Waals surface area contributed by atoms with E-state index in [2.05, 4.69) is 41.5 Å². The Labute approximate surface area is 146 Å². The van der Waals surface area contributed by atoms with Crippen molar-refractivity contribution in [2.45, 2.75) is 13.0 Å². The first-order valence-corrected chi connectivity index (χ1v) is 7.99. The Morgan fingerprint density at radius 1 is 1.08 bits per heavy atom. The summed E-state index contributed by atoms with van der Waals surface area (Å²) in [6.45, 7) is 2.07. The van der Waals surface area contributed by atoms with E-state index in [4.69, 9.17) is 16.9 Å². The van der Waals surface area contributed by atoms with E-state index in [0.29, 0.717) is 10.6 Å². The van der Waals surface area contributed by atoms with Crippen LogP contribution in [0.25, 0.3) is 0 Å². The van der Waals surface area contributed by atoms with Crippen molar-refractivity contribution < 1.29 is 0 Å². The molecule has 0 aliphatic heterocycles. The van der Waals surface area contributed by atoms with Crippen LogP contribution in [0.3, 0.4) is 0 Å². The fourth-order valence-corrected chi connectivity index (χ4v) is 2.81. The van der Waals surface area contributed by atoms with Crippen LogP contribution >= 0.6 is 11.6 Å². The highest BCUT2D eigenvalue weighted by atomic mass is 35.5. The van der Waals surface area contributed by atoms with Gasteiger partial charge in [-0.1, -0.05) is 47.5 Å². The molecule has 0 saturated carbocycles. The number of nitriles is 1. The van der Waals surface area contributed by atoms with E-state index in [9.17, 15) is 0 Å². The van der Waals surface area contributed by atoms with Gasteiger partial charge in [0.25, 0.3) is 0 Å². The monoisotopic (exact) mass is 333 g/mol. The second-order valence-corrected chi connectivity index (χ2v) is 5.96. The number of aromatic nitrogens is 1. The zero-order chi connectivity index (χ0) is 16.9. The minimum absolute atomic E-state index is 0.102. The molecule has 3 nitrogen and oxygen atoms in total. The molecule has 0 aliphatic rings. The lowest BCUT2D eigenvalue weighted by atomic mass is 10.0. The minimum atomic E-state index is -0.102. The second kappa shape index (κ2) is 7.16. The molecule has 3 rings (SSSR count). The van der Waals surface area contributed by atoms with E-state index in [1.54, 1.807) is 18.3 Å². The summed E-state index contributed by atoms with van der Waals surface area (Å²) in [5, 5.41) is 12.9. The topological polar surface area (TPSA) is 48.7 Å². The van der Waals surface area contributed by atoms with Crippen molar-refractivity contribution in [3.05, 3.63) is 94.3 Å². The van der Waals surface area contributed by atoms with Crippen LogP contribution in [0.15, 0.2) is 66.9 Å². The number of aryl methyl sites for hydroxylation is 1. The van der Waals surface area contributed by atoms with Gasteiger partial charge in [0.05, 0.1) is 22.3 Å². The van der Waals surface area contributed by atoms with Gasteiger partial charge in [-0.3, -0.25) is 4.98 Å². The van der Waals surface area contributed by atoms with Crippen molar-refractivity contribution in [3.8, 4) is 6.07 Å². The lowest BCUT2D eigenvalue weighted by molar-refractivity contribution is 0.885. The Bertz CT molecular complexity index is 885. The molecule has 1 heterocycles. The van der Waals surface area contributed by atoms with Gasteiger partial charge < -0.3 is 5.32 Å². The summed E-state index contributed by atoms with van der Waals surface area (Å²) < 4.78 is 0. The van der Waals surface area contributed by atoms with E-state index < -0.39 is 0 Å². The molecule has 118 valence electrons. The highest BCUT2D eigenvalue weighted by molar-refractivity contribution is 6.32. The fourth-order valence-electron chi connectivity index (χ4n) is 2.59. The van der Waals surface area contributed by atoms with Crippen LogP contribution in [0.4, 0.5) is 5.69 Å². The largest absolute Gasteiger partial charge is 0.373 e. The Hall–Kier alpha value is -2.83. The van der Waals surface area contributed by atoms with E-state index in [1.165, 1.54) is 5.56 Å². The molecule has 0 amide bonds. The predicted molar refractivity (Wildman–Crippen MR) is 97.0 cm³/mol. The molecule has 0 radical (unpaired) electrons. The first-order valence-electron chi connectivity index (χ1n) is 7.61. The molecule has 1 atom stereocenters. The number of pyridine rings is 1. The highest BCUT2D eigenvalue weighted by Crippen LogP contribution is 2.28. The summed E-state index contributed by atoms with van der Waals surface area (Å²) in [5.74, 6) is 0. The molecule has 0 bridgehead atoms. The van der Waals surface area contributed by atoms with Gasteiger partial charge in [-0.25, -0.2) is 0 Å². The molecule has 0 saturated heterocycles. The molecule has 1 unspecified atom stereocenters. The van der Waals surface area contributed by atoms with Gasteiger partial charge in [0.15, 0.2) is 0 Å². The van der Waals surface area contributed by atoms with Crippen molar-refractivity contribution in [1.82, 2.24) is 4.98 Å². The Morgan fingerprint density at radius 2 is 1.96 bits per heavy atom. The number of nitrogens with zero attached hydrogens (tertiary/aromatic N) is 2. The molecular weight excluding hydrogens is 318 g/mol. The molecule has 4 heteroatoms.